The molecule has 29 heavy (non-hydrogen) atoms. The van der Waals surface area contributed by atoms with E-state index in [0.29, 0.717) is 17.7 Å². The molecule has 0 spiro atoms. The lowest BCUT2D eigenvalue weighted by Gasteiger charge is -2.29. The molecule has 3 aromatic carbocycles. The Morgan fingerprint density at radius 3 is 2.72 bits per heavy atom. The molecule has 5 nitrogen and oxygen atoms in total. The lowest BCUT2D eigenvalue weighted by molar-refractivity contribution is 0.515. The van der Waals surface area contributed by atoms with Crippen LogP contribution in [0.5, 0.6) is 0 Å². The van der Waals surface area contributed by atoms with Crippen LogP contribution in [-0.4, -0.2) is 30.7 Å². The summed E-state index contributed by atoms with van der Waals surface area (Å²) in [5.74, 6) is -0.377. The van der Waals surface area contributed by atoms with E-state index in [9.17, 15) is 4.79 Å². The van der Waals surface area contributed by atoms with Crippen LogP contribution in [0.2, 0.25) is 0 Å². The maximum atomic E-state index is 12.7. The van der Waals surface area contributed by atoms with Crippen LogP contribution >= 0.6 is 0 Å². The van der Waals surface area contributed by atoms with Crippen molar-refractivity contribution in [3.05, 3.63) is 88.9 Å². The van der Waals surface area contributed by atoms with Gasteiger partial charge in [-0.25, -0.2) is 4.79 Å². The van der Waals surface area contributed by atoms with E-state index >= 15 is 0 Å². The zero-order valence-electron chi connectivity index (χ0n) is 18.0. The molecule has 1 aliphatic rings. The van der Waals surface area contributed by atoms with Crippen LogP contribution in [0.4, 0.5) is 5.69 Å². The predicted molar refractivity (Wildman–Crippen MR) is 117 cm³/mol. The number of para-hydroxylation sites is 1. The molecule has 146 valence electrons. The van der Waals surface area contributed by atoms with Gasteiger partial charge in [0.05, 0.1) is 20.5 Å². The summed E-state index contributed by atoms with van der Waals surface area (Å²) in [5.41, 5.74) is 4.86. The molecule has 1 saturated heterocycles. The highest BCUT2D eigenvalue weighted by molar-refractivity contribution is 5.87. The molecule has 0 radical (unpaired) electrons. The molecule has 0 unspecified atom stereocenters. The number of piperazine rings is 1. The van der Waals surface area contributed by atoms with Crippen molar-refractivity contribution < 1.29 is 7.16 Å². The normalized spacial score (nSPS) is 15.4. The Morgan fingerprint density at radius 1 is 1.00 bits per heavy atom. The number of hydrogen-bond acceptors (Lipinski definition) is 4. The maximum absolute atomic E-state index is 12.7. The fourth-order valence-corrected chi connectivity index (χ4v) is 3.92. The van der Waals surface area contributed by atoms with Crippen molar-refractivity contribution in [1.29, 1.82) is 0 Å². The van der Waals surface area contributed by atoms with Gasteiger partial charge in [-0.1, -0.05) is 54.5 Å². The van der Waals surface area contributed by atoms with Crippen molar-refractivity contribution >= 4 is 16.8 Å². The van der Waals surface area contributed by atoms with E-state index in [1.807, 2.05) is 48.5 Å². The molecule has 4 aromatic rings. The summed E-state index contributed by atoms with van der Waals surface area (Å²) in [7, 11) is 0. The summed E-state index contributed by atoms with van der Waals surface area (Å²) in [6.07, 6.45) is 0. The minimum absolute atomic E-state index is 0.195. The van der Waals surface area contributed by atoms with Crippen LogP contribution in [0.3, 0.4) is 0 Å². The lowest BCUT2D eigenvalue weighted by Crippen LogP contribution is -2.43. The number of hydrogen-bond donors (Lipinski definition) is 1. The second-order valence-electron chi connectivity index (χ2n) is 7.23. The first-order chi connectivity index (χ1) is 15.1. The van der Waals surface area contributed by atoms with Gasteiger partial charge in [0.25, 0.3) is 0 Å². The molecule has 5 heteroatoms. The fraction of sp³-hybridized carbons (Fsp3) is 0.208. The van der Waals surface area contributed by atoms with Crippen LogP contribution in [-0.2, 0) is 6.54 Å². The number of rotatable bonds is 4. The number of fused-ring (bicyclic) bond motifs is 1. The second-order valence-corrected chi connectivity index (χ2v) is 7.23. The van der Waals surface area contributed by atoms with E-state index in [1.165, 1.54) is 0 Å². The summed E-state index contributed by atoms with van der Waals surface area (Å²) in [5, 5.41) is 3.34. The maximum Gasteiger partial charge on any atom is 0.420 e. The summed E-state index contributed by atoms with van der Waals surface area (Å²) < 4.78 is 23.4. The number of aromatic nitrogens is 1. The molecule has 2 heterocycles. The molecule has 1 N–H and O–H groups in total. The van der Waals surface area contributed by atoms with E-state index < -0.39 is 0 Å². The average Bonchev–Trinajstić information content (AvgIpc) is 3.11. The van der Waals surface area contributed by atoms with Gasteiger partial charge >= 0.3 is 5.76 Å². The summed E-state index contributed by atoms with van der Waals surface area (Å²) in [4.78, 5) is 15.0. The molecule has 0 amide bonds. The zero-order valence-corrected chi connectivity index (χ0v) is 16.0. The van der Waals surface area contributed by atoms with Crippen LogP contribution in [0.25, 0.3) is 22.2 Å². The first-order valence-electron chi connectivity index (χ1n) is 10.9. The third-order valence-corrected chi connectivity index (χ3v) is 5.36. The van der Waals surface area contributed by atoms with Gasteiger partial charge in [0, 0.05) is 26.2 Å². The largest absolute Gasteiger partial charge is 0.420 e. The molecule has 1 aliphatic heterocycles. The van der Waals surface area contributed by atoms with Crippen LogP contribution in [0, 0.1) is 0 Å². The predicted octanol–water partition coefficient (Wildman–Crippen LogP) is 3.72. The Labute approximate surface area is 172 Å². The van der Waals surface area contributed by atoms with Gasteiger partial charge in [-0.05, 0) is 34.9 Å². The van der Waals surface area contributed by atoms with Gasteiger partial charge in [0.1, 0.15) is 0 Å². The molecular formula is C24H23N3O2. The fourth-order valence-electron chi connectivity index (χ4n) is 3.92. The van der Waals surface area contributed by atoms with E-state index in [-0.39, 0.29) is 17.8 Å². The Balaban J connectivity index is 1.52. The Bertz CT molecular complexity index is 1310. The van der Waals surface area contributed by atoms with E-state index in [1.54, 1.807) is 16.7 Å². The summed E-state index contributed by atoms with van der Waals surface area (Å²) in [6, 6.07) is 19.3. The molecule has 0 aliphatic carbocycles. The molecule has 0 bridgehead atoms. The van der Waals surface area contributed by atoms with Gasteiger partial charge in [-0.3, -0.25) is 4.57 Å². The Hall–Kier alpha value is -3.31. The van der Waals surface area contributed by atoms with Crippen molar-refractivity contribution in [1.82, 2.24) is 9.88 Å². The molecule has 1 aromatic heterocycles. The molecular weight excluding hydrogens is 362 g/mol. The van der Waals surface area contributed by atoms with Crippen LogP contribution in [0.15, 0.2) is 82.0 Å². The highest BCUT2D eigenvalue weighted by Crippen LogP contribution is 2.27. The summed E-state index contributed by atoms with van der Waals surface area (Å²) in [6.45, 7) is 3.94. The van der Waals surface area contributed by atoms with Crippen LogP contribution < -0.4 is 16.0 Å². The van der Waals surface area contributed by atoms with Gasteiger partial charge in [-0.2, -0.15) is 0 Å². The Kier molecular flexibility index (Phi) is 4.09. The van der Waals surface area contributed by atoms with E-state index in [0.717, 1.165) is 48.5 Å². The lowest BCUT2D eigenvalue weighted by atomic mass is 10.0. The molecule has 1 fully saturated rings. The van der Waals surface area contributed by atoms with Crippen molar-refractivity contribution in [3.8, 4) is 11.1 Å². The summed E-state index contributed by atoms with van der Waals surface area (Å²) >= 11 is 0. The number of benzene rings is 3. The highest BCUT2D eigenvalue weighted by atomic mass is 16.4. The minimum Gasteiger partial charge on any atom is -0.405 e. The number of oxazole rings is 1. The number of nitrogens with one attached hydrogen (secondary N) is 1. The van der Waals surface area contributed by atoms with E-state index in [4.69, 9.17) is 7.16 Å². The van der Waals surface area contributed by atoms with Gasteiger partial charge in [0.2, 0.25) is 0 Å². The smallest absolute Gasteiger partial charge is 0.405 e. The van der Waals surface area contributed by atoms with Crippen molar-refractivity contribution in [3.63, 3.8) is 0 Å². The average molecular weight is 387 g/mol. The first-order valence-corrected chi connectivity index (χ1v) is 9.85. The quantitative estimate of drug-likeness (QED) is 0.580. The SMILES string of the molecule is [2H]c1cccc(-c2cccc(Cn3c(=O)oc4c(N5CCNCC5)cccc43)c2)c1[2H]. The third kappa shape index (κ3) is 3.45. The second kappa shape index (κ2) is 7.60. The monoisotopic (exact) mass is 387 g/mol. The highest BCUT2D eigenvalue weighted by Gasteiger charge is 2.18. The van der Waals surface area contributed by atoms with Crippen molar-refractivity contribution in [2.75, 3.05) is 31.1 Å². The minimum atomic E-state index is -0.377. The van der Waals surface area contributed by atoms with Crippen molar-refractivity contribution in [2.45, 2.75) is 6.54 Å². The number of anilines is 1. The van der Waals surface area contributed by atoms with E-state index in [2.05, 4.69) is 10.2 Å². The Morgan fingerprint density at radius 2 is 1.83 bits per heavy atom. The third-order valence-electron chi connectivity index (χ3n) is 5.36. The van der Waals surface area contributed by atoms with Gasteiger partial charge in [0.15, 0.2) is 5.58 Å². The molecule has 0 atom stereocenters. The first kappa shape index (κ1) is 15.6. The van der Waals surface area contributed by atoms with Gasteiger partial charge < -0.3 is 14.6 Å². The number of nitrogens with zero attached hydrogens (tertiary/aromatic N) is 2. The van der Waals surface area contributed by atoms with Crippen LogP contribution in [0.1, 0.15) is 8.30 Å². The molecule has 5 rings (SSSR count). The zero-order chi connectivity index (χ0) is 21.4. The standard InChI is InChI=1S/C24H23N3O2/c28-24-27(17-18-6-4-9-20(16-18)19-7-2-1-3-8-19)22-11-5-10-21(23(22)29-24)26-14-12-25-13-15-26/h1-11,16,25H,12-15,17H2/i2D,7D. The molecule has 0 saturated carbocycles. The topological polar surface area (TPSA) is 50.4 Å². The van der Waals surface area contributed by atoms with Gasteiger partial charge in [-0.15, -0.1) is 0 Å². The van der Waals surface area contributed by atoms with Crippen molar-refractivity contribution in [2.24, 2.45) is 0 Å².